The molecule has 1 amide bonds. The fourth-order valence-corrected chi connectivity index (χ4v) is 3.35. The van der Waals surface area contributed by atoms with E-state index in [9.17, 15) is 13.2 Å². The molecule has 0 radical (unpaired) electrons. The molecule has 5 nitrogen and oxygen atoms in total. The number of nitrogens with zero attached hydrogens (tertiary/aromatic N) is 1. The van der Waals surface area contributed by atoms with Crippen LogP contribution in [-0.2, 0) is 21.4 Å². The largest absolute Gasteiger partial charge is 0.313 e. The molecule has 0 aliphatic carbocycles. The van der Waals surface area contributed by atoms with Gasteiger partial charge in [0.2, 0.25) is 10.0 Å². The molecule has 18 heavy (non-hydrogen) atoms. The Morgan fingerprint density at radius 3 is 2.78 bits per heavy atom. The quantitative estimate of drug-likeness (QED) is 0.873. The van der Waals surface area contributed by atoms with Crippen LogP contribution in [0.25, 0.3) is 10.2 Å². The number of rotatable bonds is 3. The molecule has 0 saturated carbocycles. The lowest BCUT2D eigenvalue weighted by atomic mass is 10.3. The predicted octanol–water partition coefficient (Wildman–Crippen LogP) is 1.51. The third-order valence-electron chi connectivity index (χ3n) is 2.17. The van der Waals surface area contributed by atoms with Crippen LogP contribution in [0.5, 0.6) is 0 Å². The van der Waals surface area contributed by atoms with Crippen LogP contribution in [0.3, 0.4) is 0 Å². The van der Waals surface area contributed by atoms with Gasteiger partial charge >= 0.3 is 0 Å². The first-order valence-corrected chi connectivity index (χ1v) is 8.07. The van der Waals surface area contributed by atoms with Gasteiger partial charge < -0.3 is 4.57 Å². The number of carbonyl (C=O) groups excluding carboxylic acids is 1. The van der Waals surface area contributed by atoms with Crippen LogP contribution in [0.1, 0.15) is 0 Å². The van der Waals surface area contributed by atoms with Crippen molar-refractivity contribution in [2.24, 2.45) is 0 Å². The van der Waals surface area contributed by atoms with Crippen molar-refractivity contribution in [2.45, 2.75) is 6.54 Å². The molecule has 1 aromatic carbocycles. The highest BCUT2D eigenvalue weighted by atomic mass is 32.2. The average Bonchev–Trinajstić information content (AvgIpc) is 2.53. The van der Waals surface area contributed by atoms with Gasteiger partial charge in [0.25, 0.3) is 5.91 Å². The lowest BCUT2D eigenvalue weighted by molar-refractivity contribution is -0.119. The zero-order valence-electron chi connectivity index (χ0n) is 9.41. The van der Waals surface area contributed by atoms with Crippen LogP contribution in [-0.4, -0.2) is 25.1 Å². The van der Waals surface area contributed by atoms with E-state index in [-0.39, 0.29) is 6.54 Å². The molecule has 1 heterocycles. The first-order valence-electron chi connectivity index (χ1n) is 4.96. The summed E-state index contributed by atoms with van der Waals surface area (Å²) in [5.74, 6) is -0.600. The van der Waals surface area contributed by atoms with Crippen molar-refractivity contribution in [3.8, 4) is 0 Å². The van der Waals surface area contributed by atoms with Crippen molar-refractivity contribution < 1.29 is 13.2 Å². The Morgan fingerprint density at radius 2 is 2.11 bits per heavy atom. The molecule has 0 saturated heterocycles. The minimum absolute atomic E-state index is 0.101. The van der Waals surface area contributed by atoms with E-state index in [0.717, 1.165) is 16.5 Å². The number of amides is 1. The Kier molecular flexibility index (Phi) is 3.51. The molecule has 0 atom stereocenters. The van der Waals surface area contributed by atoms with Gasteiger partial charge in [0.15, 0.2) is 3.95 Å². The number of fused-ring (bicyclic) bond motifs is 1. The number of aromatic nitrogens is 1. The molecule has 8 heteroatoms. The fourth-order valence-electron chi connectivity index (χ4n) is 1.55. The number of hydrogen-bond acceptors (Lipinski definition) is 5. The maximum Gasteiger partial charge on any atom is 0.253 e. The summed E-state index contributed by atoms with van der Waals surface area (Å²) >= 11 is 6.55. The summed E-state index contributed by atoms with van der Waals surface area (Å²) in [6, 6.07) is 7.47. The highest BCUT2D eigenvalue weighted by molar-refractivity contribution is 7.89. The summed E-state index contributed by atoms with van der Waals surface area (Å²) in [7, 11) is -3.54. The van der Waals surface area contributed by atoms with Crippen molar-refractivity contribution in [1.29, 1.82) is 0 Å². The van der Waals surface area contributed by atoms with Gasteiger partial charge in [-0.3, -0.25) is 9.52 Å². The van der Waals surface area contributed by atoms with E-state index < -0.39 is 15.9 Å². The molecule has 96 valence electrons. The Hall–Kier alpha value is -1.25. The fraction of sp³-hybridized carbons (Fsp3) is 0.200. The zero-order chi connectivity index (χ0) is 13.3. The van der Waals surface area contributed by atoms with Crippen LogP contribution in [0.2, 0.25) is 0 Å². The summed E-state index contributed by atoms with van der Waals surface area (Å²) in [6.45, 7) is -0.101. The number of hydrogen-bond donors (Lipinski definition) is 1. The molecular weight excluding hydrogens is 292 g/mol. The number of nitrogens with one attached hydrogen (secondary N) is 1. The number of para-hydroxylation sites is 1. The Morgan fingerprint density at radius 1 is 1.44 bits per heavy atom. The highest BCUT2D eigenvalue weighted by Gasteiger charge is 2.12. The maximum atomic E-state index is 11.6. The van der Waals surface area contributed by atoms with E-state index in [0.29, 0.717) is 3.95 Å². The number of benzene rings is 1. The Balaban J connectivity index is 2.35. The van der Waals surface area contributed by atoms with Gasteiger partial charge in [-0.25, -0.2) is 8.42 Å². The van der Waals surface area contributed by atoms with Crippen LogP contribution in [0.4, 0.5) is 0 Å². The van der Waals surface area contributed by atoms with E-state index >= 15 is 0 Å². The molecule has 0 unspecified atom stereocenters. The first-order chi connectivity index (χ1) is 8.37. The lowest BCUT2D eigenvalue weighted by Gasteiger charge is -2.05. The summed E-state index contributed by atoms with van der Waals surface area (Å²) < 4.78 is 27.0. The van der Waals surface area contributed by atoms with Gasteiger partial charge in [-0.05, 0) is 24.4 Å². The standard InChI is InChI=1S/C10H10N2O3S3/c1-18(14,15)11-9(13)6-12-7-4-2-3-5-8(7)17-10(12)16/h2-5H,6H2,1H3,(H,11,13). The van der Waals surface area contributed by atoms with Gasteiger partial charge in [-0.2, -0.15) is 0 Å². The van der Waals surface area contributed by atoms with E-state index in [1.807, 2.05) is 29.0 Å². The minimum Gasteiger partial charge on any atom is -0.313 e. The zero-order valence-corrected chi connectivity index (χ0v) is 11.9. The summed E-state index contributed by atoms with van der Waals surface area (Å²) in [6.07, 6.45) is 0.940. The second-order valence-electron chi connectivity index (χ2n) is 3.72. The smallest absolute Gasteiger partial charge is 0.253 e. The van der Waals surface area contributed by atoms with Gasteiger partial charge in [-0.1, -0.05) is 12.1 Å². The van der Waals surface area contributed by atoms with Crippen LogP contribution >= 0.6 is 23.6 Å². The molecule has 1 aromatic heterocycles. The van der Waals surface area contributed by atoms with Crippen LogP contribution in [0.15, 0.2) is 24.3 Å². The minimum atomic E-state index is -3.54. The van der Waals surface area contributed by atoms with Gasteiger partial charge in [0, 0.05) is 0 Å². The van der Waals surface area contributed by atoms with Gasteiger partial charge in [-0.15, -0.1) is 11.3 Å². The second-order valence-corrected chi connectivity index (χ2v) is 7.14. The van der Waals surface area contributed by atoms with Crippen molar-refractivity contribution in [2.75, 3.05) is 6.26 Å². The predicted molar refractivity (Wildman–Crippen MR) is 73.6 cm³/mol. The molecule has 1 N–H and O–H groups in total. The van der Waals surface area contributed by atoms with E-state index in [1.54, 1.807) is 4.57 Å². The van der Waals surface area contributed by atoms with Crippen molar-refractivity contribution >= 4 is 49.7 Å². The Labute approximate surface area is 113 Å². The van der Waals surface area contributed by atoms with Crippen LogP contribution in [0, 0.1) is 3.95 Å². The van der Waals surface area contributed by atoms with E-state index in [1.165, 1.54) is 11.3 Å². The molecule has 2 rings (SSSR count). The van der Waals surface area contributed by atoms with E-state index in [2.05, 4.69) is 0 Å². The second kappa shape index (κ2) is 4.79. The number of carbonyl (C=O) groups is 1. The monoisotopic (exact) mass is 302 g/mol. The van der Waals surface area contributed by atoms with Crippen molar-refractivity contribution in [3.63, 3.8) is 0 Å². The molecule has 0 fully saturated rings. The third-order valence-corrected chi connectivity index (χ3v) is 4.20. The molecule has 0 aliphatic rings. The third kappa shape index (κ3) is 2.95. The lowest BCUT2D eigenvalue weighted by Crippen LogP contribution is -2.32. The molecule has 2 aromatic rings. The topological polar surface area (TPSA) is 68.2 Å². The van der Waals surface area contributed by atoms with E-state index in [4.69, 9.17) is 12.2 Å². The van der Waals surface area contributed by atoms with Gasteiger partial charge in [0.05, 0.1) is 16.5 Å². The number of thiazole rings is 1. The number of sulfonamides is 1. The first kappa shape index (κ1) is 13.2. The van der Waals surface area contributed by atoms with Crippen molar-refractivity contribution in [3.05, 3.63) is 28.2 Å². The van der Waals surface area contributed by atoms with Crippen LogP contribution < -0.4 is 4.72 Å². The molecule has 0 aliphatic heterocycles. The Bertz CT molecular complexity index is 758. The molecular formula is C10H10N2O3S3. The maximum absolute atomic E-state index is 11.6. The average molecular weight is 302 g/mol. The summed E-state index contributed by atoms with van der Waals surface area (Å²) in [5, 5.41) is 0. The highest BCUT2D eigenvalue weighted by Crippen LogP contribution is 2.22. The molecule has 0 bridgehead atoms. The molecule has 0 spiro atoms. The van der Waals surface area contributed by atoms with Gasteiger partial charge in [0.1, 0.15) is 6.54 Å². The SMILES string of the molecule is CS(=O)(=O)NC(=O)Cn1c(=S)sc2ccccc21. The normalized spacial score (nSPS) is 11.6. The summed E-state index contributed by atoms with van der Waals surface area (Å²) in [5.41, 5.74) is 0.830. The summed E-state index contributed by atoms with van der Waals surface area (Å²) in [4.78, 5) is 11.6. The van der Waals surface area contributed by atoms with Crippen molar-refractivity contribution in [1.82, 2.24) is 9.29 Å².